The molecule has 0 bridgehead atoms. The highest BCUT2D eigenvalue weighted by molar-refractivity contribution is 6.74. The molecule has 0 amide bonds. The van der Waals surface area contributed by atoms with E-state index in [1.54, 1.807) is 14.0 Å². The van der Waals surface area contributed by atoms with E-state index in [1.165, 1.54) is 0 Å². The summed E-state index contributed by atoms with van der Waals surface area (Å²) in [5.74, 6) is 0.498. The molecule has 0 aliphatic carbocycles. The Labute approximate surface area is 248 Å². The lowest BCUT2D eigenvalue weighted by Crippen LogP contribution is -2.51. The van der Waals surface area contributed by atoms with Crippen LogP contribution in [0.2, 0.25) is 18.1 Å². The van der Waals surface area contributed by atoms with Crippen LogP contribution in [0.15, 0.2) is 29.4 Å². The van der Waals surface area contributed by atoms with E-state index in [-0.39, 0.29) is 47.4 Å². The predicted octanol–water partition coefficient (Wildman–Crippen LogP) is 7.27. The van der Waals surface area contributed by atoms with Crippen LogP contribution in [-0.4, -0.2) is 57.0 Å². The van der Waals surface area contributed by atoms with Crippen molar-refractivity contribution in [2.75, 3.05) is 13.7 Å². The maximum Gasteiger partial charge on any atom is 0.192 e. The highest BCUT2D eigenvalue weighted by Crippen LogP contribution is 2.39. The van der Waals surface area contributed by atoms with E-state index < -0.39 is 26.6 Å². The molecule has 1 rings (SSSR count). The molecule has 1 N–H and O–H groups in total. The maximum atomic E-state index is 13.2. The maximum absolute atomic E-state index is 13.2. The quantitative estimate of drug-likeness (QED) is 0.0779. The molecular formula is C31H53N3O6Si. The lowest BCUT2D eigenvalue weighted by molar-refractivity contribution is -0.134. The first kappa shape index (κ1) is 36.8. The van der Waals surface area contributed by atoms with Gasteiger partial charge in [-0.25, -0.2) is 0 Å². The number of aliphatic hydroxyl groups is 1. The van der Waals surface area contributed by atoms with Crippen LogP contribution in [0.4, 0.5) is 0 Å². The molecule has 41 heavy (non-hydrogen) atoms. The average molecular weight is 592 g/mol. The Bertz CT molecular complexity index is 1000. The molecule has 0 heterocycles. The second kappa shape index (κ2) is 17.0. The van der Waals surface area contributed by atoms with E-state index in [2.05, 4.69) is 43.9 Å². The first-order valence-electron chi connectivity index (χ1n) is 14.6. The second-order valence-electron chi connectivity index (χ2n) is 13.2. The molecule has 0 saturated heterocycles. The predicted molar refractivity (Wildman–Crippen MR) is 165 cm³/mol. The standard InChI is InChI=1S/C31H53N3O6Si/c1-21(16-24(4)35)17-29(40-41(9,10)31(5,6)7)30(39-20-25-11-13-26(38-8)14-12-25)28(37)18-27(36)23(3)15-22(2)19-33-34-32/h11-14,21-23,28-30,37H,15-20H2,1-10H3/t21-,22-,23+,28-,29-,30+/m0/s1. The van der Waals surface area contributed by atoms with Crippen molar-refractivity contribution in [1.82, 2.24) is 0 Å². The highest BCUT2D eigenvalue weighted by Gasteiger charge is 2.43. The number of methoxy groups -OCH3 is 1. The number of nitrogens with zero attached hydrogens (tertiary/aromatic N) is 3. The van der Waals surface area contributed by atoms with Gasteiger partial charge in [0.2, 0.25) is 0 Å². The monoisotopic (exact) mass is 591 g/mol. The Hall–Kier alpha value is -2.23. The zero-order valence-corrected chi connectivity index (χ0v) is 27.8. The van der Waals surface area contributed by atoms with Crippen molar-refractivity contribution >= 4 is 19.9 Å². The fourth-order valence-corrected chi connectivity index (χ4v) is 6.01. The SMILES string of the molecule is COc1ccc(CO[C@@H]([C@H](C[C@@H](C)CC(C)=O)O[Si](C)(C)C(C)(C)C)[C@@H](O)CC(=O)[C@H](C)C[C@H](C)CN=[N+]=[N-])cc1. The van der Waals surface area contributed by atoms with Gasteiger partial charge in [0.25, 0.3) is 0 Å². The second-order valence-corrected chi connectivity index (χ2v) is 17.9. The van der Waals surface area contributed by atoms with E-state index in [9.17, 15) is 14.7 Å². The number of hydrogen-bond acceptors (Lipinski definition) is 7. The van der Waals surface area contributed by atoms with Crippen molar-refractivity contribution in [3.63, 3.8) is 0 Å². The Morgan fingerprint density at radius 3 is 2.17 bits per heavy atom. The normalized spacial score (nSPS) is 16.6. The minimum atomic E-state index is -2.32. The molecule has 1 aromatic rings. The van der Waals surface area contributed by atoms with E-state index in [1.807, 2.05) is 45.0 Å². The number of Topliss-reactive ketones (excluding diaryl/α,β-unsaturated/α-hetero) is 2. The third-order valence-corrected chi connectivity index (χ3v) is 12.5. The number of rotatable bonds is 19. The molecule has 0 radical (unpaired) electrons. The summed E-state index contributed by atoms with van der Waals surface area (Å²) in [5, 5.41) is 15.1. The fraction of sp³-hybridized carbons (Fsp3) is 0.742. The van der Waals surface area contributed by atoms with Gasteiger partial charge in [-0.2, -0.15) is 0 Å². The molecule has 0 aromatic heterocycles. The molecule has 0 fully saturated rings. The molecule has 0 aliphatic rings. The Morgan fingerprint density at radius 1 is 1.05 bits per heavy atom. The molecule has 9 nitrogen and oxygen atoms in total. The number of carbonyl (C=O) groups excluding carboxylic acids is 2. The zero-order chi connectivity index (χ0) is 31.4. The molecule has 1 aromatic carbocycles. The number of ether oxygens (including phenoxy) is 2. The summed E-state index contributed by atoms with van der Waals surface area (Å²) in [5.41, 5.74) is 9.50. The molecule has 0 spiro atoms. The van der Waals surface area contributed by atoms with Gasteiger partial charge in [-0.15, -0.1) is 0 Å². The van der Waals surface area contributed by atoms with Crippen molar-refractivity contribution in [2.24, 2.45) is 22.9 Å². The number of carbonyl (C=O) groups is 2. The smallest absolute Gasteiger partial charge is 0.192 e. The van der Waals surface area contributed by atoms with Crippen LogP contribution < -0.4 is 4.74 Å². The van der Waals surface area contributed by atoms with E-state index in [0.29, 0.717) is 25.8 Å². The summed E-state index contributed by atoms with van der Waals surface area (Å²) >= 11 is 0. The van der Waals surface area contributed by atoms with Gasteiger partial charge in [-0.3, -0.25) is 4.79 Å². The lowest BCUT2D eigenvalue weighted by atomic mass is 9.88. The van der Waals surface area contributed by atoms with E-state index in [4.69, 9.17) is 19.4 Å². The average Bonchev–Trinajstić information content (AvgIpc) is 2.86. The number of hydrogen-bond donors (Lipinski definition) is 1. The van der Waals surface area contributed by atoms with Gasteiger partial charge >= 0.3 is 0 Å². The molecule has 10 heteroatoms. The van der Waals surface area contributed by atoms with Crippen molar-refractivity contribution in [1.29, 1.82) is 0 Å². The Kier molecular flexibility index (Phi) is 15.3. The summed E-state index contributed by atoms with van der Waals surface area (Å²) in [4.78, 5) is 28.0. The van der Waals surface area contributed by atoms with Crippen molar-refractivity contribution < 1.29 is 28.6 Å². The molecule has 0 aliphatic heterocycles. The Balaban J connectivity index is 3.31. The third-order valence-electron chi connectivity index (χ3n) is 8.04. The summed E-state index contributed by atoms with van der Waals surface area (Å²) in [6, 6.07) is 7.52. The lowest BCUT2D eigenvalue weighted by Gasteiger charge is -2.43. The summed E-state index contributed by atoms with van der Waals surface area (Å²) in [6.07, 6.45) is -0.998. The third kappa shape index (κ3) is 13.1. The van der Waals surface area contributed by atoms with Crippen LogP contribution in [0.25, 0.3) is 10.4 Å². The van der Waals surface area contributed by atoms with Crippen LogP contribution in [0, 0.1) is 17.8 Å². The molecule has 6 atom stereocenters. The van der Waals surface area contributed by atoms with Gasteiger partial charge < -0.3 is 23.8 Å². The van der Waals surface area contributed by atoms with Gasteiger partial charge in [0.05, 0.1) is 25.9 Å². The minimum Gasteiger partial charge on any atom is -0.497 e. The van der Waals surface area contributed by atoms with Gasteiger partial charge in [-0.05, 0) is 73.0 Å². The molecule has 0 saturated carbocycles. The van der Waals surface area contributed by atoms with Gasteiger partial charge in [-0.1, -0.05) is 58.8 Å². The highest BCUT2D eigenvalue weighted by atomic mass is 28.4. The zero-order valence-electron chi connectivity index (χ0n) is 26.8. The van der Waals surface area contributed by atoms with Crippen molar-refractivity contribution in [2.45, 2.75) is 117 Å². The summed E-state index contributed by atoms with van der Waals surface area (Å²) < 4.78 is 18.6. The number of azide groups is 1. The molecule has 232 valence electrons. The van der Waals surface area contributed by atoms with E-state index >= 15 is 0 Å². The largest absolute Gasteiger partial charge is 0.497 e. The number of aliphatic hydroxyl groups excluding tert-OH is 1. The number of ketones is 2. The first-order valence-corrected chi connectivity index (χ1v) is 17.5. The van der Waals surface area contributed by atoms with Gasteiger partial charge in [0.1, 0.15) is 23.4 Å². The van der Waals surface area contributed by atoms with Gasteiger partial charge in [0.15, 0.2) is 8.32 Å². The van der Waals surface area contributed by atoms with Crippen molar-refractivity contribution in [3.8, 4) is 5.75 Å². The summed E-state index contributed by atoms with van der Waals surface area (Å²) in [7, 11) is -0.708. The van der Waals surface area contributed by atoms with Crippen LogP contribution in [0.1, 0.15) is 79.7 Å². The Morgan fingerprint density at radius 2 is 1.66 bits per heavy atom. The fourth-order valence-electron chi connectivity index (χ4n) is 4.66. The van der Waals surface area contributed by atoms with Gasteiger partial charge in [0, 0.05) is 30.2 Å². The minimum absolute atomic E-state index is 0.0118. The van der Waals surface area contributed by atoms with Crippen LogP contribution in [0.5, 0.6) is 5.75 Å². The first-order chi connectivity index (χ1) is 19.0. The van der Waals surface area contributed by atoms with E-state index in [0.717, 1.165) is 11.3 Å². The van der Waals surface area contributed by atoms with Crippen LogP contribution in [0.3, 0.4) is 0 Å². The molecular weight excluding hydrogens is 538 g/mol. The topological polar surface area (TPSA) is 131 Å². The van der Waals surface area contributed by atoms with Crippen LogP contribution >= 0.6 is 0 Å². The molecule has 0 unspecified atom stereocenters. The van der Waals surface area contributed by atoms with Crippen molar-refractivity contribution in [3.05, 3.63) is 40.3 Å². The number of benzene rings is 1. The van der Waals surface area contributed by atoms with Crippen LogP contribution in [-0.2, 0) is 25.4 Å². The summed E-state index contributed by atoms with van der Waals surface area (Å²) in [6.45, 7) is 18.7.